The maximum atomic E-state index is 9.28. The van der Waals surface area contributed by atoms with Gasteiger partial charge in [-0.2, -0.15) is 14.9 Å². The van der Waals surface area contributed by atoms with Crippen LogP contribution in [0.3, 0.4) is 0 Å². The molecule has 3 rings (SSSR count). The van der Waals surface area contributed by atoms with E-state index < -0.39 is 0 Å². The fraction of sp³-hybridized carbons (Fsp3) is 0.0625. The molecule has 22 heavy (non-hydrogen) atoms. The first-order valence-electron chi connectivity index (χ1n) is 6.76. The van der Waals surface area contributed by atoms with E-state index in [1.165, 1.54) is 0 Å². The molecule has 0 saturated carbocycles. The highest BCUT2D eigenvalue weighted by atomic mass is 32.1. The average Bonchev–Trinajstić information content (AvgIpc) is 2.88. The number of phenols is 1. The zero-order chi connectivity index (χ0) is 15.4. The number of nitrogens with zero attached hydrogens (tertiary/aromatic N) is 3. The van der Waals surface area contributed by atoms with Crippen LogP contribution in [0.5, 0.6) is 5.75 Å². The Morgan fingerprint density at radius 1 is 1.14 bits per heavy atom. The molecule has 0 spiro atoms. The van der Waals surface area contributed by atoms with Crippen molar-refractivity contribution in [2.45, 2.75) is 6.42 Å². The molecule has 0 bridgehead atoms. The summed E-state index contributed by atoms with van der Waals surface area (Å²) < 4.78 is 2.05. The number of aromatic amines is 1. The minimum atomic E-state index is 0.224. The average molecular weight is 310 g/mol. The van der Waals surface area contributed by atoms with Gasteiger partial charge >= 0.3 is 0 Å². The molecule has 0 radical (unpaired) electrons. The number of hydrogen-bond donors (Lipinski definition) is 2. The van der Waals surface area contributed by atoms with Crippen LogP contribution in [0.15, 0.2) is 59.7 Å². The zero-order valence-corrected chi connectivity index (χ0v) is 12.5. The standard InChI is InChI=1S/C16H14N4OS/c21-14-8-6-13(7-9-14)11-17-20-15(18-19-16(20)22)10-12-4-2-1-3-5-12/h1-9,11,21H,10H2,(H,19,22)/b17-11-. The van der Waals surface area contributed by atoms with Gasteiger partial charge in [-0.15, -0.1) is 0 Å². The molecule has 2 aromatic carbocycles. The van der Waals surface area contributed by atoms with Crippen LogP contribution >= 0.6 is 12.2 Å². The Bertz CT molecular complexity index is 835. The number of rotatable bonds is 4. The van der Waals surface area contributed by atoms with Gasteiger partial charge in [0.25, 0.3) is 0 Å². The van der Waals surface area contributed by atoms with E-state index in [2.05, 4.69) is 15.3 Å². The van der Waals surface area contributed by atoms with Gasteiger partial charge in [-0.3, -0.25) is 5.10 Å². The van der Waals surface area contributed by atoms with Gasteiger partial charge in [0.05, 0.1) is 6.21 Å². The molecule has 6 heteroatoms. The number of hydrogen-bond acceptors (Lipinski definition) is 4. The monoisotopic (exact) mass is 310 g/mol. The molecule has 110 valence electrons. The highest BCUT2D eigenvalue weighted by molar-refractivity contribution is 7.71. The van der Waals surface area contributed by atoms with Gasteiger partial charge < -0.3 is 5.11 Å². The van der Waals surface area contributed by atoms with E-state index in [9.17, 15) is 5.11 Å². The third-order valence-corrected chi connectivity index (χ3v) is 3.40. The lowest BCUT2D eigenvalue weighted by Gasteiger charge is -2.01. The molecule has 0 atom stereocenters. The third kappa shape index (κ3) is 3.29. The van der Waals surface area contributed by atoms with Crippen LogP contribution in [0.2, 0.25) is 0 Å². The first-order valence-corrected chi connectivity index (χ1v) is 7.17. The minimum absolute atomic E-state index is 0.224. The van der Waals surface area contributed by atoms with Crippen LogP contribution < -0.4 is 0 Å². The minimum Gasteiger partial charge on any atom is -0.508 e. The number of benzene rings is 2. The molecule has 0 unspecified atom stereocenters. The molecular formula is C16H14N4OS. The van der Waals surface area contributed by atoms with E-state index in [4.69, 9.17) is 12.2 Å². The van der Waals surface area contributed by atoms with E-state index in [1.54, 1.807) is 35.2 Å². The third-order valence-electron chi connectivity index (χ3n) is 3.14. The number of nitrogens with one attached hydrogen (secondary N) is 1. The lowest BCUT2D eigenvalue weighted by Crippen LogP contribution is -2.00. The Labute approximate surface area is 132 Å². The Morgan fingerprint density at radius 2 is 1.86 bits per heavy atom. The van der Waals surface area contributed by atoms with E-state index in [1.807, 2.05) is 30.3 Å². The summed E-state index contributed by atoms with van der Waals surface area (Å²) >= 11 is 5.22. The molecular weight excluding hydrogens is 296 g/mol. The topological polar surface area (TPSA) is 66.2 Å². The zero-order valence-electron chi connectivity index (χ0n) is 11.7. The Morgan fingerprint density at radius 3 is 2.59 bits per heavy atom. The van der Waals surface area contributed by atoms with Crippen molar-refractivity contribution in [3.63, 3.8) is 0 Å². The van der Waals surface area contributed by atoms with Crippen molar-refractivity contribution in [1.82, 2.24) is 14.9 Å². The second kappa shape index (κ2) is 6.36. The van der Waals surface area contributed by atoms with E-state index in [-0.39, 0.29) is 5.75 Å². The predicted octanol–water partition coefficient (Wildman–Crippen LogP) is 3.12. The van der Waals surface area contributed by atoms with Gasteiger partial charge in [0, 0.05) is 6.42 Å². The SMILES string of the molecule is Oc1ccc(/C=N\n2c(Cc3ccccc3)n[nH]c2=S)cc1. The smallest absolute Gasteiger partial charge is 0.216 e. The highest BCUT2D eigenvalue weighted by Gasteiger charge is 2.05. The van der Waals surface area contributed by atoms with Crippen molar-refractivity contribution in [2.75, 3.05) is 0 Å². The van der Waals surface area contributed by atoms with Gasteiger partial charge in [0.2, 0.25) is 4.77 Å². The summed E-state index contributed by atoms with van der Waals surface area (Å²) in [6.07, 6.45) is 2.32. The Kier molecular flexibility index (Phi) is 4.11. The summed E-state index contributed by atoms with van der Waals surface area (Å²) in [6.45, 7) is 0. The normalized spacial score (nSPS) is 11.1. The molecule has 1 aromatic heterocycles. The summed E-state index contributed by atoms with van der Waals surface area (Å²) in [7, 11) is 0. The summed E-state index contributed by atoms with van der Waals surface area (Å²) in [5.74, 6) is 0.966. The molecule has 3 aromatic rings. The summed E-state index contributed by atoms with van der Waals surface area (Å²) in [5, 5.41) is 20.6. The molecule has 0 aliphatic carbocycles. The van der Waals surface area contributed by atoms with Crippen LogP contribution in [-0.2, 0) is 6.42 Å². The van der Waals surface area contributed by atoms with Crippen molar-refractivity contribution < 1.29 is 5.11 Å². The maximum Gasteiger partial charge on any atom is 0.216 e. The number of phenolic OH excluding ortho intramolecular Hbond substituents is 1. The van der Waals surface area contributed by atoms with Crippen LogP contribution in [0.25, 0.3) is 0 Å². The second-order valence-electron chi connectivity index (χ2n) is 4.76. The molecule has 0 saturated heterocycles. The van der Waals surface area contributed by atoms with Crippen molar-refractivity contribution >= 4 is 18.4 Å². The van der Waals surface area contributed by atoms with Gasteiger partial charge in [-0.1, -0.05) is 30.3 Å². The Hall–Kier alpha value is -2.73. The van der Waals surface area contributed by atoms with Gasteiger partial charge in [0.1, 0.15) is 5.75 Å². The molecule has 2 N–H and O–H groups in total. The lowest BCUT2D eigenvalue weighted by atomic mass is 10.1. The Balaban J connectivity index is 1.86. The number of aromatic nitrogens is 3. The van der Waals surface area contributed by atoms with Crippen molar-refractivity contribution in [3.05, 3.63) is 76.3 Å². The number of aromatic hydroxyl groups is 1. The molecule has 0 aliphatic rings. The number of H-pyrrole nitrogens is 1. The molecule has 1 heterocycles. The second-order valence-corrected chi connectivity index (χ2v) is 5.14. The fourth-order valence-corrected chi connectivity index (χ4v) is 2.22. The van der Waals surface area contributed by atoms with Crippen LogP contribution in [-0.4, -0.2) is 26.2 Å². The lowest BCUT2D eigenvalue weighted by molar-refractivity contribution is 0.475. The van der Waals surface area contributed by atoms with Crippen molar-refractivity contribution in [2.24, 2.45) is 5.10 Å². The predicted molar refractivity (Wildman–Crippen MR) is 87.8 cm³/mol. The summed E-state index contributed by atoms with van der Waals surface area (Å²) in [6, 6.07) is 16.8. The largest absolute Gasteiger partial charge is 0.508 e. The quantitative estimate of drug-likeness (QED) is 0.575. The fourth-order valence-electron chi connectivity index (χ4n) is 2.02. The highest BCUT2D eigenvalue weighted by Crippen LogP contribution is 2.10. The first kappa shape index (κ1) is 14.2. The van der Waals surface area contributed by atoms with Gasteiger partial charge in [-0.25, -0.2) is 0 Å². The summed E-state index contributed by atoms with van der Waals surface area (Å²) in [5.41, 5.74) is 2.00. The van der Waals surface area contributed by atoms with Crippen molar-refractivity contribution in [3.8, 4) is 5.75 Å². The molecule has 0 aliphatic heterocycles. The van der Waals surface area contributed by atoms with E-state index in [0.29, 0.717) is 11.2 Å². The maximum absolute atomic E-state index is 9.28. The first-order chi connectivity index (χ1) is 10.7. The van der Waals surface area contributed by atoms with E-state index >= 15 is 0 Å². The van der Waals surface area contributed by atoms with E-state index in [0.717, 1.165) is 17.0 Å². The molecule has 0 amide bonds. The van der Waals surface area contributed by atoms with Crippen LogP contribution in [0.4, 0.5) is 0 Å². The van der Waals surface area contributed by atoms with Gasteiger partial charge in [-0.05, 0) is 47.6 Å². The molecule has 0 fully saturated rings. The molecule has 5 nitrogen and oxygen atoms in total. The summed E-state index contributed by atoms with van der Waals surface area (Å²) in [4.78, 5) is 0. The van der Waals surface area contributed by atoms with Crippen LogP contribution in [0, 0.1) is 4.77 Å². The van der Waals surface area contributed by atoms with Crippen molar-refractivity contribution in [1.29, 1.82) is 0 Å². The van der Waals surface area contributed by atoms with Crippen LogP contribution in [0.1, 0.15) is 17.0 Å². The van der Waals surface area contributed by atoms with Gasteiger partial charge in [0.15, 0.2) is 5.82 Å².